The highest BCUT2D eigenvalue weighted by Gasteiger charge is 2.18. The lowest BCUT2D eigenvalue weighted by Gasteiger charge is -2.08. The highest BCUT2D eigenvalue weighted by molar-refractivity contribution is 8.03. The van der Waals surface area contributed by atoms with Gasteiger partial charge in [0.1, 0.15) is 10.5 Å². The Labute approximate surface area is 169 Å². The standard InChI is InChI=1S/C18H21N7OS2/c1-4-27-10(2)13(19)9-25-18(26)15-12(8-21-25)16-17(24(15)3)22-14(28-16)7-11-5-6-20-23-11/h5-6,8H,4,7,9,19H2,1-3H3,(H,20,23)/b13-10-. The number of H-pyrrole nitrogens is 1. The zero-order valence-electron chi connectivity index (χ0n) is 15.9. The van der Waals surface area contributed by atoms with Crippen LogP contribution in [0.1, 0.15) is 24.5 Å². The van der Waals surface area contributed by atoms with E-state index in [0.29, 0.717) is 17.6 Å². The van der Waals surface area contributed by atoms with Gasteiger partial charge in [-0.3, -0.25) is 9.89 Å². The van der Waals surface area contributed by atoms with Crippen molar-refractivity contribution in [2.24, 2.45) is 12.8 Å². The predicted octanol–water partition coefficient (Wildman–Crippen LogP) is 2.60. The minimum atomic E-state index is -0.156. The molecule has 3 N–H and O–H groups in total. The molecule has 4 aromatic rings. The van der Waals surface area contributed by atoms with Gasteiger partial charge in [-0.2, -0.15) is 10.2 Å². The summed E-state index contributed by atoms with van der Waals surface area (Å²) in [7, 11) is 1.87. The fourth-order valence-electron chi connectivity index (χ4n) is 3.15. The summed E-state index contributed by atoms with van der Waals surface area (Å²) < 4.78 is 4.25. The molecule has 0 fully saturated rings. The second-order valence-electron chi connectivity index (χ2n) is 6.45. The Bertz CT molecular complexity index is 1230. The molecule has 10 heteroatoms. The van der Waals surface area contributed by atoms with Crippen molar-refractivity contribution in [3.05, 3.63) is 50.1 Å². The van der Waals surface area contributed by atoms with E-state index in [4.69, 9.17) is 10.7 Å². The van der Waals surface area contributed by atoms with Crippen LogP contribution in [0.5, 0.6) is 0 Å². The van der Waals surface area contributed by atoms with Crippen LogP contribution in [-0.4, -0.2) is 35.3 Å². The van der Waals surface area contributed by atoms with E-state index < -0.39 is 0 Å². The van der Waals surface area contributed by atoms with Crippen LogP contribution in [0, 0.1) is 0 Å². The van der Waals surface area contributed by atoms with Crippen molar-refractivity contribution in [3.63, 3.8) is 0 Å². The SMILES string of the molecule is CCS/C(C)=C(\N)Cn1ncc2c3sc(Cc4cc[nH]n4)nc3n(C)c2c1=O. The Kier molecular flexibility index (Phi) is 4.98. The fraction of sp³-hybridized carbons (Fsp3) is 0.333. The molecule has 0 spiro atoms. The number of aryl methyl sites for hydroxylation is 1. The Balaban J connectivity index is 1.76. The van der Waals surface area contributed by atoms with Crippen LogP contribution in [0.25, 0.3) is 21.3 Å². The Morgan fingerprint density at radius 2 is 2.25 bits per heavy atom. The molecule has 0 bridgehead atoms. The zero-order valence-corrected chi connectivity index (χ0v) is 17.5. The minimum Gasteiger partial charge on any atom is -0.400 e. The number of aromatic amines is 1. The molecular weight excluding hydrogens is 394 g/mol. The average Bonchev–Trinajstić information content (AvgIpc) is 3.37. The molecule has 28 heavy (non-hydrogen) atoms. The van der Waals surface area contributed by atoms with Gasteiger partial charge in [-0.05, 0) is 18.7 Å². The van der Waals surface area contributed by atoms with Gasteiger partial charge in [0.2, 0.25) is 0 Å². The van der Waals surface area contributed by atoms with E-state index in [-0.39, 0.29) is 12.1 Å². The molecule has 0 aliphatic carbocycles. The molecule has 8 nitrogen and oxygen atoms in total. The van der Waals surface area contributed by atoms with Gasteiger partial charge in [-0.1, -0.05) is 6.92 Å². The van der Waals surface area contributed by atoms with Gasteiger partial charge in [0.15, 0.2) is 5.65 Å². The summed E-state index contributed by atoms with van der Waals surface area (Å²) in [5, 5.41) is 13.1. The van der Waals surface area contributed by atoms with Gasteiger partial charge in [0.05, 0.1) is 23.1 Å². The lowest BCUT2D eigenvalue weighted by Crippen LogP contribution is -2.26. The molecule has 0 aliphatic heterocycles. The Morgan fingerprint density at radius 1 is 1.43 bits per heavy atom. The summed E-state index contributed by atoms with van der Waals surface area (Å²) in [5.41, 5.74) is 9.00. The first-order chi connectivity index (χ1) is 13.5. The van der Waals surface area contributed by atoms with Gasteiger partial charge in [0, 0.05) is 35.7 Å². The van der Waals surface area contributed by atoms with Crippen molar-refractivity contribution in [1.29, 1.82) is 0 Å². The number of aromatic nitrogens is 6. The van der Waals surface area contributed by atoms with Crippen molar-refractivity contribution in [3.8, 4) is 0 Å². The molecule has 0 amide bonds. The number of hydrogen-bond donors (Lipinski definition) is 2. The van der Waals surface area contributed by atoms with Crippen LogP contribution in [0.2, 0.25) is 0 Å². The third-order valence-electron chi connectivity index (χ3n) is 4.59. The molecule has 0 aliphatic rings. The van der Waals surface area contributed by atoms with E-state index in [1.807, 2.05) is 24.6 Å². The zero-order chi connectivity index (χ0) is 19.8. The minimum absolute atomic E-state index is 0.156. The highest BCUT2D eigenvalue weighted by Crippen LogP contribution is 2.31. The van der Waals surface area contributed by atoms with Crippen LogP contribution >= 0.6 is 23.1 Å². The third kappa shape index (κ3) is 3.22. The van der Waals surface area contributed by atoms with Crippen molar-refractivity contribution in [2.75, 3.05) is 5.75 Å². The third-order valence-corrected chi connectivity index (χ3v) is 6.66. The van der Waals surface area contributed by atoms with Crippen LogP contribution < -0.4 is 11.3 Å². The molecular formula is C18H21N7OS2. The number of hydrogen-bond acceptors (Lipinski definition) is 7. The Hall–Kier alpha value is -2.59. The number of thioether (sulfide) groups is 1. The second-order valence-corrected chi connectivity index (χ2v) is 9.01. The van der Waals surface area contributed by atoms with Gasteiger partial charge in [-0.25, -0.2) is 9.67 Å². The lowest BCUT2D eigenvalue weighted by molar-refractivity contribution is 0.630. The number of fused-ring (bicyclic) bond motifs is 3. The second kappa shape index (κ2) is 7.44. The summed E-state index contributed by atoms with van der Waals surface area (Å²) in [6.45, 7) is 4.32. The number of thiazole rings is 1. The van der Waals surface area contributed by atoms with Crippen LogP contribution in [0.15, 0.2) is 33.9 Å². The lowest BCUT2D eigenvalue weighted by atomic mass is 10.3. The molecule has 0 unspecified atom stereocenters. The molecule has 4 heterocycles. The van der Waals surface area contributed by atoms with Crippen molar-refractivity contribution >= 4 is 44.3 Å². The van der Waals surface area contributed by atoms with E-state index in [9.17, 15) is 4.79 Å². The Morgan fingerprint density at radius 3 is 2.96 bits per heavy atom. The van der Waals surface area contributed by atoms with Crippen LogP contribution in [-0.2, 0) is 20.0 Å². The maximum Gasteiger partial charge on any atom is 0.291 e. The summed E-state index contributed by atoms with van der Waals surface area (Å²) in [4.78, 5) is 18.8. The van der Waals surface area contributed by atoms with Gasteiger partial charge in [0.25, 0.3) is 5.56 Å². The first-order valence-corrected chi connectivity index (χ1v) is 10.7. The summed E-state index contributed by atoms with van der Waals surface area (Å²) in [5.74, 6) is 0.939. The first-order valence-electron chi connectivity index (χ1n) is 8.90. The first kappa shape index (κ1) is 18.8. The van der Waals surface area contributed by atoms with E-state index >= 15 is 0 Å². The number of nitrogens with zero attached hydrogens (tertiary/aromatic N) is 5. The molecule has 0 radical (unpaired) electrons. The topological polar surface area (TPSA) is 107 Å². The molecule has 4 rings (SSSR count). The van der Waals surface area contributed by atoms with Crippen molar-refractivity contribution < 1.29 is 0 Å². The van der Waals surface area contributed by atoms with Crippen molar-refractivity contribution in [2.45, 2.75) is 26.8 Å². The summed E-state index contributed by atoms with van der Waals surface area (Å²) in [6.07, 6.45) is 4.20. The molecule has 0 aromatic carbocycles. The quantitative estimate of drug-likeness (QED) is 0.501. The molecule has 0 saturated heterocycles. The van der Waals surface area contributed by atoms with Gasteiger partial charge in [-0.15, -0.1) is 23.1 Å². The van der Waals surface area contributed by atoms with E-state index in [1.165, 1.54) is 4.68 Å². The fourth-order valence-corrected chi connectivity index (χ4v) is 4.95. The van der Waals surface area contributed by atoms with E-state index in [0.717, 1.165) is 37.1 Å². The summed E-state index contributed by atoms with van der Waals surface area (Å²) in [6, 6.07) is 1.93. The molecule has 0 saturated carbocycles. The number of rotatable bonds is 6. The smallest absolute Gasteiger partial charge is 0.291 e. The monoisotopic (exact) mass is 415 g/mol. The average molecular weight is 416 g/mol. The maximum absolute atomic E-state index is 13.0. The number of nitrogens with one attached hydrogen (secondary N) is 1. The van der Waals surface area contributed by atoms with Crippen LogP contribution in [0.3, 0.4) is 0 Å². The van der Waals surface area contributed by atoms with Crippen molar-refractivity contribution in [1.82, 2.24) is 29.5 Å². The molecule has 4 aromatic heterocycles. The number of allylic oxidation sites excluding steroid dienone is 2. The predicted molar refractivity (Wildman–Crippen MR) is 115 cm³/mol. The van der Waals surface area contributed by atoms with Gasteiger partial charge >= 0.3 is 0 Å². The van der Waals surface area contributed by atoms with Crippen LogP contribution in [0.4, 0.5) is 0 Å². The maximum atomic E-state index is 13.0. The normalized spacial score (nSPS) is 12.8. The molecule has 0 atom stereocenters. The highest BCUT2D eigenvalue weighted by atomic mass is 32.2. The van der Waals surface area contributed by atoms with Gasteiger partial charge < -0.3 is 10.3 Å². The molecule has 146 valence electrons. The van der Waals surface area contributed by atoms with E-state index in [1.54, 1.807) is 35.5 Å². The summed E-state index contributed by atoms with van der Waals surface area (Å²) >= 11 is 3.24. The largest absolute Gasteiger partial charge is 0.400 e. The van der Waals surface area contributed by atoms with E-state index in [2.05, 4.69) is 22.2 Å². The number of nitrogens with two attached hydrogens (primary N) is 1.